The Morgan fingerprint density at radius 3 is 2.29 bits per heavy atom. The van der Waals surface area contributed by atoms with Gasteiger partial charge in [-0.25, -0.2) is 4.98 Å². The van der Waals surface area contributed by atoms with Crippen molar-refractivity contribution in [2.75, 3.05) is 51.0 Å². The molecule has 2 aromatic heterocycles. The fraction of sp³-hybridized carbons (Fsp3) is 0.750. The van der Waals surface area contributed by atoms with Crippen molar-refractivity contribution < 1.29 is 36.8 Å². The summed E-state index contributed by atoms with van der Waals surface area (Å²) in [4.78, 5) is 38.1. The largest absolute Gasteiger partial charge is 0.373 e. The van der Waals surface area contributed by atoms with Crippen molar-refractivity contribution >= 4 is 38.2 Å². The number of amides is 1. The minimum atomic E-state index is -3.51. The average Bonchev–Trinajstić information content (AvgIpc) is 3.46. The molecule has 0 aromatic carbocycles. The number of nitrogens with one attached hydrogen (secondary N) is 1. The highest BCUT2D eigenvalue weighted by atomic mass is 31.2. The highest BCUT2D eigenvalue weighted by Gasteiger charge is 2.40. The minimum Gasteiger partial charge on any atom is -0.373 e. The van der Waals surface area contributed by atoms with Crippen molar-refractivity contribution in [1.29, 1.82) is 0 Å². The molecule has 0 radical (unpaired) electrons. The zero-order valence-corrected chi connectivity index (χ0v) is 26.3. The van der Waals surface area contributed by atoms with E-state index in [-0.39, 0.29) is 86.9 Å². The number of ether oxygens (including phenoxy) is 1. The Kier molecular flexibility index (Phi) is 11.7. The van der Waals surface area contributed by atoms with Gasteiger partial charge in [-0.3, -0.25) is 23.7 Å². The summed E-state index contributed by atoms with van der Waals surface area (Å²) >= 11 is 0. The lowest BCUT2D eigenvalue weighted by Gasteiger charge is -2.23. The van der Waals surface area contributed by atoms with Gasteiger partial charge in [-0.1, -0.05) is 0 Å². The number of rotatable bonds is 16. The summed E-state index contributed by atoms with van der Waals surface area (Å²) in [7, 11) is -6.87. The van der Waals surface area contributed by atoms with Gasteiger partial charge in [0.2, 0.25) is 11.9 Å². The van der Waals surface area contributed by atoms with E-state index in [1.807, 2.05) is 0 Å². The molecule has 0 aliphatic carbocycles. The maximum atomic E-state index is 13.3. The van der Waals surface area contributed by atoms with Crippen LogP contribution in [-0.4, -0.2) is 93.9 Å². The Balaban J connectivity index is 1.82. The number of carbonyl (C=O) groups excluding carboxylic acids is 1. The normalized spacial score (nSPS) is 18.3. The van der Waals surface area contributed by atoms with Gasteiger partial charge in [0.25, 0.3) is 5.56 Å². The molecule has 1 aliphatic heterocycles. The third-order valence-corrected chi connectivity index (χ3v) is 10.4. The summed E-state index contributed by atoms with van der Waals surface area (Å²) in [6.45, 7) is 11.3. The van der Waals surface area contributed by atoms with Gasteiger partial charge in [0.15, 0.2) is 11.2 Å². The van der Waals surface area contributed by atoms with Gasteiger partial charge in [0.1, 0.15) is 0 Å². The van der Waals surface area contributed by atoms with Crippen LogP contribution in [0.2, 0.25) is 0 Å². The van der Waals surface area contributed by atoms with E-state index in [4.69, 9.17) is 28.6 Å². The molecular formula is C24H42N6O9P2. The fourth-order valence-electron chi connectivity index (χ4n) is 4.62. The Labute approximate surface area is 239 Å². The lowest BCUT2D eigenvalue weighted by Crippen LogP contribution is -2.31. The van der Waals surface area contributed by atoms with Crippen molar-refractivity contribution in [2.45, 2.75) is 72.3 Å². The van der Waals surface area contributed by atoms with E-state index in [1.165, 1.54) is 6.33 Å². The molecule has 1 saturated heterocycles. The molecule has 1 amide bonds. The standard InChI is InChI=1S/C24H42N6O9P2/c1-7-36-40(33,37-8-2)12-10-35-19-14-29(20(31)9-11-41(34,38-16(3)4)39-17(5)6)13-18(19)30-15-26-21-22(30)27-24(25)28-23(21)32/h15-19H,7-14H2,1-6H3,(H3,25,27,28,32)/t18-,19+/m1/s1. The Morgan fingerprint density at radius 1 is 1.07 bits per heavy atom. The lowest BCUT2D eigenvalue weighted by molar-refractivity contribution is -0.130. The molecule has 0 spiro atoms. The van der Waals surface area contributed by atoms with Gasteiger partial charge in [0, 0.05) is 19.5 Å². The number of hydrogen-bond donors (Lipinski definition) is 2. The molecule has 1 fully saturated rings. The van der Waals surface area contributed by atoms with Crippen LogP contribution in [0.5, 0.6) is 0 Å². The highest BCUT2D eigenvalue weighted by Crippen LogP contribution is 2.51. The zero-order valence-electron chi connectivity index (χ0n) is 24.5. The van der Waals surface area contributed by atoms with Crippen LogP contribution in [0.25, 0.3) is 11.2 Å². The van der Waals surface area contributed by atoms with Crippen molar-refractivity contribution in [3.05, 3.63) is 16.7 Å². The molecule has 15 nitrogen and oxygen atoms in total. The molecular weight excluding hydrogens is 578 g/mol. The van der Waals surface area contributed by atoms with E-state index in [9.17, 15) is 18.7 Å². The minimum absolute atomic E-state index is 0.0175. The van der Waals surface area contributed by atoms with Crippen LogP contribution in [0.3, 0.4) is 0 Å². The molecule has 1 aliphatic rings. The molecule has 3 heterocycles. The number of nitrogens with two attached hydrogens (primary N) is 1. The number of carbonyl (C=O) groups is 1. The summed E-state index contributed by atoms with van der Waals surface area (Å²) in [5.41, 5.74) is 5.63. The molecule has 2 aromatic rings. The van der Waals surface area contributed by atoms with Gasteiger partial charge in [-0.2, -0.15) is 4.98 Å². The predicted molar refractivity (Wildman–Crippen MR) is 153 cm³/mol. The first kappa shape index (κ1) is 33.4. The summed E-state index contributed by atoms with van der Waals surface area (Å²) in [6.07, 6.45) is 0.0483. The van der Waals surface area contributed by atoms with Gasteiger partial charge < -0.3 is 38.0 Å². The van der Waals surface area contributed by atoms with E-state index >= 15 is 0 Å². The summed E-state index contributed by atoms with van der Waals surface area (Å²) in [5.74, 6) is -0.349. The molecule has 0 unspecified atom stereocenters. The molecule has 0 saturated carbocycles. The fourth-order valence-corrected chi connectivity index (χ4v) is 8.08. The predicted octanol–water partition coefficient (Wildman–Crippen LogP) is 3.17. The molecule has 3 rings (SSSR count). The Morgan fingerprint density at radius 2 is 1.71 bits per heavy atom. The van der Waals surface area contributed by atoms with Crippen molar-refractivity contribution in [3.63, 3.8) is 0 Å². The second-order valence-electron chi connectivity index (χ2n) is 10.1. The number of hydrogen-bond acceptors (Lipinski definition) is 12. The van der Waals surface area contributed by atoms with E-state index in [2.05, 4.69) is 15.0 Å². The van der Waals surface area contributed by atoms with E-state index in [0.717, 1.165) is 0 Å². The maximum Gasteiger partial charge on any atom is 0.332 e. The van der Waals surface area contributed by atoms with Crippen LogP contribution < -0.4 is 11.3 Å². The van der Waals surface area contributed by atoms with E-state index in [1.54, 1.807) is 51.0 Å². The number of anilines is 1. The molecule has 3 N–H and O–H groups in total. The third kappa shape index (κ3) is 8.93. The number of aromatic nitrogens is 4. The number of fused-ring (bicyclic) bond motifs is 1. The van der Waals surface area contributed by atoms with Crippen molar-refractivity contribution in [3.8, 4) is 0 Å². The molecule has 0 bridgehead atoms. The zero-order chi connectivity index (χ0) is 30.4. The van der Waals surface area contributed by atoms with Crippen LogP contribution in [0.15, 0.2) is 11.1 Å². The van der Waals surface area contributed by atoms with Crippen LogP contribution in [0.4, 0.5) is 5.95 Å². The van der Waals surface area contributed by atoms with Crippen LogP contribution in [0, 0.1) is 0 Å². The number of nitrogens with zero attached hydrogens (tertiary/aromatic N) is 4. The first-order chi connectivity index (χ1) is 19.3. The highest BCUT2D eigenvalue weighted by molar-refractivity contribution is 7.54. The summed E-state index contributed by atoms with van der Waals surface area (Å²) in [5, 5.41) is 0. The van der Waals surface area contributed by atoms with Crippen molar-refractivity contribution in [2.24, 2.45) is 0 Å². The first-order valence-corrected chi connectivity index (χ1v) is 17.2. The monoisotopic (exact) mass is 620 g/mol. The second kappa shape index (κ2) is 14.4. The topological polar surface area (TPSA) is 190 Å². The van der Waals surface area contributed by atoms with E-state index < -0.39 is 32.9 Å². The average molecular weight is 621 g/mol. The quantitative estimate of drug-likeness (QED) is 0.261. The second-order valence-corrected chi connectivity index (χ2v) is 14.4. The summed E-state index contributed by atoms with van der Waals surface area (Å²) < 4.78 is 55.9. The van der Waals surface area contributed by atoms with Gasteiger partial charge in [-0.05, 0) is 41.5 Å². The van der Waals surface area contributed by atoms with Gasteiger partial charge in [-0.15, -0.1) is 0 Å². The lowest BCUT2D eigenvalue weighted by atomic mass is 10.2. The SMILES string of the molecule is CCOP(=O)(CCO[C@H]1CN(C(=O)CCP(=O)(OC(C)C)OC(C)C)C[C@H]1n1cnc2c(=O)[nH]c(N)nc21)OCC. The molecule has 17 heteroatoms. The van der Waals surface area contributed by atoms with Crippen LogP contribution >= 0.6 is 15.2 Å². The number of likely N-dealkylation sites (tertiary alicyclic amines) is 1. The summed E-state index contributed by atoms with van der Waals surface area (Å²) in [6, 6.07) is -0.498. The van der Waals surface area contributed by atoms with Gasteiger partial charge in [0.05, 0.1) is 62.8 Å². The van der Waals surface area contributed by atoms with Crippen LogP contribution in [-0.2, 0) is 36.8 Å². The Bertz CT molecular complexity index is 1310. The van der Waals surface area contributed by atoms with Gasteiger partial charge >= 0.3 is 15.2 Å². The number of H-pyrrole nitrogens is 1. The van der Waals surface area contributed by atoms with Crippen molar-refractivity contribution in [1.82, 2.24) is 24.4 Å². The van der Waals surface area contributed by atoms with E-state index in [0.29, 0.717) is 0 Å². The first-order valence-electron chi connectivity index (χ1n) is 13.8. The number of aromatic amines is 1. The number of imidazole rings is 1. The number of nitrogen functional groups attached to an aromatic ring is 1. The molecule has 232 valence electrons. The Hall–Kier alpha value is -2.12. The molecule has 2 atom stereocenters. The third-order valence-electron chi connectivity index (χ3n) is 6.09. The maximum absolute atomic E-state index is 13.3. The smallest absolute Gasteiger partial charge is 0.332 e. The van der Waals surface area contributed by atoms with Crippen LogP contribution in [0.1, 0.15) is 54.0 Å². The molecule has 41 heavy (non-hydrogen) atoms.